The van der Waals surface area contributed by atoms with Gasteiger partial charge in [0.25, 0.3) is 5.91 Å². The Kier molecular flexibility index (Phi) is 5.33. The molecule has 0 fully saturated rings. The van der Waals surface area contributed by atoms with Gasteiger partial charge in [-0.3, -0.25) is 4.79 Å². The fraction of sp³-hybridized carbons (Fsp3) is 0.385. The summed E-state index contributed by atoms with van der Waals surface area (Å²) >= 11 is 0. The third kappa shape index (κ3) is 3.39. The summed E-state index contributed by atoms with van der Waals surface area (Å²) in [7, 11) is 2.52. The minimum absolute atomic E-state index is 0.0595. The number of hydrogen-bond donors (Lipinski definition) is 3. The molecule has 1 aromatic rings. The first-order chi connectivity index (χ1) is 9.44. The van der Waals surface area contributed by atoms with Crippen LogP contribution in [0.3, 0.4) is 0 Å². The topological polar surface area (TPSA) is 105 Å². The summed E-state index contributed by atoms with van der Waals surface area (Å²) in [6, 6.07) is 1.63. The molecule has 1 rings (SSSR count). The van der Waals surface area contributed by atoms with E-state index in [4.69, 9.17) is 9.84 Å². The van der Waals surface area contributed by atoms with Crippen molar-refractivity contribution in [3.63, 3.8) is 0 Å². The molecule has 0 aliphatic heterocycles. The number of aliphatic hydroxyl groups excluding tert-OH is 1. The molecule has 0 saturated heterocycles. The minimum Gasteiger partial charge on any atom is -0.504 e. The summed E-state index contributed by atoms with van der Waals surface area (Å²) in [5, 5.41) is 21.1. The lowest BCUT2D eigenvalue weighted by molar-refractivity contribution is -0.143. The van der Waals surface area contributed by atoms with Crippen LogP contribution in [0.4, 0.5) is 0 Å². The number of carbonyl (C=O) groups is 2. The molecular formula is C13H17NO6. The number of amides is 1. The predicted octanol–water partition coefficient (Wildman–Crippen LogP) is -0.0271. The molecule has 110 valence electrons. The van der Waals surface area contributed by atoms with Crippen LogP contribution in [-0.2, 0) is 9.53 Å². The molecule has 0 aromatic heterocycles. The van der Waals surface area contributed by atoms with Crippen molar-refractivity contribution in [1.29, 1.82) is 0 Å². The molecule has 0 unspecified atom stereocenters. The molecule has 1 aromatic carbocycles. The van der Waals surface area contributed by atoms with Gasteiger partial charge in [0.05, 0.1) is 20.8 Å². The fourth-order valence-electron chi connectivity index (χ4n) is 1.60. The van der Waals surface area contributed by atoms with E-state index in [1.165, 1.54) is 19.2 Å². The second-order valence-electron chi connectivity index (χ2n) is 4.08. The van der Waals surface area contributed by atoms with Crippen LogP contribution in [0.5, 0.6) is 11.5 Å². The number of phenols is 1. The molecule has 0 saturated carbocycles. The minimum atomic E-state index is -1.15. The van der Waals surface area contributed by atoms with E-state index in [0.717, 1.165) is 7.11 Å². The summed E-state index contributed by atoms with van der Waals surface area (Å²) in [4.78, 5) is 23.3. The quantitative estimate of drug-likeness (QED) is 0.656. The first-order valence-electron chi connectivity index (χ1n) is 5.81. The number of rotatable bonds is 5. The average molecular weight is 283 g/mol. The number of phenolic OH excluding ortho intramolecular Hbond substituents is 1. The third-order valence-corrected chi connectivity index (χ3v) is 2.72. The highest BCUT2D eigenvalue weighted by molar-refractivity contribution is 5.97. The molecule has 7 heteroatoms. The lowest BCUT2D eigenvalue weighted by atomic mass is 10.1. The van der Waals surface area contributed by atoms with Gasteiger partial charge in [-0.05, 0) is 24.6 Å². The maximum absolute atomic E-state index is 12.0. The predicted molar refractivity (Wildman–Crippen MR) is 69.8 cm³/mol. The zero-order valence-electron chi connectivity index (χ0n) is 11.5. The Balaban J connectivity index is 2.98. The largest absolute Gasteiger partial charge is 0.504 e. The zero-order valence-corrected chi connectivity index (χ0v) is 11.5. The van der Waals surface area contributed by atoms with Gasteiger partial charge >= 0.3 is 5.97 Å². The number of nitrogens with one attached hydrogen (secondary N) is 1. The van der Waals surface area contributed by atoms with Crippen LogP contribution < -0.4 is 10.1 Å². The molecule has 3 N–H and O–H groups in total. The summed E-state index contributed by atoms with van der Waals surface area (Å²) in [5.74, 6) is -1.25. The second-order valence-corrected chi connectivity index (χ2v) is 4.08. The van der Waals surface area contributed by atoms with Gasteiger partial charge in [-0.1, -0.05) is 0 Å². The van der Waals surface area contributed by atoms with Crippen LogP contribution >= 0.6 is 0 Å². The maximum Gasteiger partial charge on any atom is 0.330 e. The SMILES string of the molecule is COC(=O)[C@H](CO)NC(=O)c1cc(C)c(O)c(OC)c1. The van der Waals surface area contributed by atoms with Crippen molar-refractivity contribution in [3.05, 3.63) is 23.3 Å². The van der Waals surface area contributed by atoms with Gasteiger partial charge in [-0.2, -0.15) is 0 Å². The van der Waals surface area contributed by atoms with E-state index in [1.54, 1.807) is 6.92 Å². The normalized spacial score (nSPS) is 11.6. The van der Waals surface area contributed by atoms with Gasteiger partial charge in [0.15, 0.2) is 17.5 Å². The van der Waals surface area contributed by atoms with Crippen LogP contribution in [0.2, 0.25) is 0 Å². The lowest BCUT2D eigenvalue weighted by Gasteiger charge is -2.15. The highest BCUT2D eigenvalue weighted by atomic mass is 16.5. The summed E-state index contributed by atoms with van der Waals surface area (Å²) < 4.78 is 9.39. The summed E-state index contributed by atoms with van der Waals surface area (Å²) in [6.45, 7) is 1.03. The zero-order chi connectivity index (χ0) is 15.3. The number of aryl methyl sites for hydroxylation is 1. The molecule has 1 amide bonds. The fourth-order valence-corrected chi connectivity index (χ4v) is 1.60. The number of methoxy groups -OCH3 is 2. The Bertz CT molecular complexity index is 514. The second kappa shape index (κ2) is 6.76. The monoisotopic (exact) mass is 283 g/mol. The van der Waals surface area contributed by atoms with Crippen LogP contribution in [0.25, 0.3) is 0 Å². The molecular weight excluding hydrogens is 266 g/mol. The van der Waals surface area contributed by atoms with Gasteiger partial charge in [-0.15, -0.1) is 0 Å². The highest BCUT2D eigenvalue weighted by Crippen LogP contribution is 2.30. The van der Waals surface area contributed by atoms with Crippen LogP contribution in [-0.4, -0.2) is 49.0 Å². The molecule has 0 radical (unpaired) electrons. The number of aliphatic hydroxyl groups is 1. The molecule has 0 heterocycles. The Hall–Kier alpha value is -2.28. The molecule has 0 bridgehead atoms. The van der Waals surface area contributed by atoms with Crippen molar-refractivity contribution < 1.29 is 29.3 Å². The van der Waals surface area contributed by atoms with Crippen molar-refractivity contribution in [2.45, 2.75) is 13.0 Å². The first kappa shape index (κ1) is 15.8. The third-order valence-electron chi connectivity index (χ3n) is 2.72. The van der Waals surface area contributed by atoms with E-state index in [-0.39, 0.29) is 17.1 Å². The van der Waals surface area contributed by atoms with Crippen molar-refractivity contribution in [3.8, 4) is 11.5 Å². The van der Waals surface area contributed by atoms with Gasteiger partial charge in [0, 0.05) is 5.56 Å². The average Bonchev–Trinajstić information content (AvgIpc) is 2.46. The van der Waals surface area contributed by atoms with Crippen LogP contribution in [0.15, 0.2) is 12.1 Å². The standard InChI is InChI=1S/C13H17NO6/c1-7-4-8(5-10(19-2)11(7)16)12(17)14-9(6-15)13(18)20-3/h4-5,9,15-16H,6H2,1-3H3,(H,14,17)/t9-/m0/s1. The van der Waals surface area contributed by atoms with Gasteiger partial charge in [0.1, 0.15) is 0 Å². The highest BCUT2D eigenvalue weighted by Gasteiger charge is 2.22. The Labute approximate surface area is 116 Å². The number of hydrogen-bond acceptors (Lipinski definition) is 6. The van der Waals surface area contributed by atoms with Crippen molar-refractivity contribution in [1.82, 2.24) is 5.32 Å². The molecule has 0 aliphatic carbocycles. The molecule has 0 aliphatic rings. The first-order valence-corrected chi connectivity index (χ1v) is 5.81. The number of ether oxygens (including phenoxy) is 2. The smallest absolute Gasteiger partial charge is 0.330 e. The van der Waals surface area contributed by atoms with E-state index in [1.807, 2.05) is 0 Å². The Morgan fingerprint density at radius 3 is 2.50 bits per heavy atom. The van der Waals surface area contributed by atoms with E-state index in [0.29, 0.717) is 5.56 Å². The number of carbonyl (C=O) groups excluding carboxylic acids is 2. The number of benzene rings is 1. The summed E-state index contributed by atoms with van der Waals surface area (Å²) in [5.41, 5.74) is 0.646. The van der Waals surface area contributed by atoms with E-state index in [9.17, 15) is 14.7 Å². The molecule has 1 atom stereocenters. The van der Waals surface area contributed by atoms with Crippen molar-refractivity contribution in [2.75, 3.05) is 20.8 Å². The molecule has 7 nitrogen and oxygen atoms in total. The number of esters is 1. The molecule has 20 heavy (non-hydrogen) atoms. The lowest BCUT2D eigenvalue weighted by Crippen LogP contribution is -2.44. The van der Waals surface area contributed by atoms with E-state index in [2.05, 4.69) is 10.1 Å². The van der Waals surface area contributed by atoms with Crippen LogP contribution in [0, 0.1) is 6.92 Å². The maximum atomic E-state index is 12.0. The van der Waals surface area contributed by atoms with E-state index >= 15 is 0 Å². The molecule has 0 spiro atoms. The summed E-state index contributed by atoms with van der Waals surface area (Å²) in [6.07, 6.45) is 0. The Morgan fingerprint density at radius 1 is 1.35 bits per heavy atom. The van der Waals surface area contributed by atoms with Gasteiger partial charge in [0.2, 0.25) is 0 Å². The van der Waals surface area contributed by atoms with Crippen LogP contribution in [0.1, 0.15) is 15.9 Å². The number of aromatic hydroxyl groups is 1. The Morgan fingerprint density at radius 2 is 2.00 bits per heavy atom. The van der Waals surface area contributed by atoms with Crippen molar-refractivity contribution >= 4 is 11.9 Å². The van der Waals surface area contributed by atoms with Crippen molar-refractivity contribution in [2.24, 2.45) is 0 Å². The van der Waals surface area contributed by atoms with Gasteiger partial charge in [-0.25, -0.2) is 4.79 Å². The van der Waals surface area contributed by atoms with Gasteiger partial charge < -0.3 is 25.0 Å². The van der Waals surface area contributed by atoms with E-state index < -0.39 is 24.5 Å².